The molecule has 0 saturated carbocycles. The lowest BCUT2D eigenvalue weighted by Gasteiger charge is -2.03. The van der Waals surface area contributed by atoms with Crippen LogP contribution in [0.1, 0.15) is 5.56 Å². The molecule has 5 heteroatoms. The van der Waals surface area contributed by atoms with Crippen LogP contribution in [-0.4, -0.2) is 11.8 Å². The van der Waals surface area contributed by atoms with Crippen molar-refractivity contribution in [2.45, 2.75) is 6.16 Å². The normalized spacial score (nSPS) is 12.4. The molecule has 0 fully saturated rings. The van der Waals surface area contributed by atoms with Gasteiger partial charge in [0.15, 0.2) is 0 Å². The lowest BCUT2D eigenvalue weighted by molar-refractivity contribution is -0.316. The Kier molecular flexibility index (Phi) is 3.80. The molecule has 13 heavy (non-hydrogen) atoms. The lowest BCUT2D eigenvalue weighted by Crippen LogP contribution is -1.95. The van der Waals surface area contributed by atoms with E-state index < -0.39 is 8.30 Å². The Morgan fingerprint density at radius 1 is 1.46 bits per heavy atom. The van der Waals surface area contributed by atoms with Gasteiger partial charge in [0, 0.05) is 7.11 Å². The highest BCUT2D eigenvalue weighted by Gasteiger charge is 2.22. The minimum atomic E-state index is -1.57. The van der Waals surface area contributed by atoms with E-state index >= 15 is 0 Å². The first-order valence-corrected chi connectivity index (χ1v) is 5.13. The van der Waals surface area contributed by atoms with Gasteiger partial charge in [-0.15, -0.1) is 0 Å². The van der Waals surface area contributed by atoms with Crippen LogP contribution in [0.3, 0.4) is 0 Å². The molecule has 1 aromatic carbocycles. The van der Waals surface area contributed by atoms with Crippen molar-refractivity contribution < 1.29 is 9.22 Å². The van der Waals surface area contributed by atoms with Crippen LogP contribution in [-0.2, 0) is 10.7 Å². The number of nitro groups is 1. The first kappa shape index (κ1) is 10.1. The predicted octanol–water partition coefficient (Wildman–Crippen LogP) is 2.42. The molecule has 0 amide bonds. The zero-order chi connectivity index (χ0) is 9.68. The largest absolute Gasteiger partial charge is 0.400 e. The molecule has 0 N–H and O–H groups in total. The molecule has 0 bridgehead atoms. The molecule has 0 radical (unpaired) electrons. The third-order valence-electron chi connectivity index (χ3n) is 1.55. The minimum absolute atomic E-state index is 0.359. The highest BCUT2D eigenvalue weighted by Crippen LogP contribution is 2.39. The van der Waals surface area contributed by atoms with Gasteiger partial charge in [-0.05, 0) is 5.56 Å². The number of nitrogens with zero attached hydrogens (tertiary/aromatic N) is 1. The molecule has 0 spiro atoms. The number of hydrogen-bond donors (Lipinski definition) is 0. The first-order valence-electron chi connectivity index (χ1n) is 3.74. The van der Waals surface area contributed by atoms with Crippen molar-refractivity contribution in [2.75, 3.05) is 7.11 Å². The molecular weight excluding hydrogens is 189 g/mol. The number of rotatable bonds is 4. The van der Waals surface area contributed by atoms with Crippen LogP contribution in [0.2, 0.25) is 0 Å². The Morgan fingerprint density at radius 2 is 2.08 bits per heavy atom. The maximum Gasteiger partial charge on any atom is 0.400 e. The minimum Gasteiger partial charge on any atom is -0.302 e. The topological polar surface area (TPSA) is 52.4 Å². The predicted molar refractivity (Wildman–Crippen MR) is 51.1 cm³/mol. The molecule has 1 unspecified atom stereocenters. The zero-order valence-corrected chi connectivity index (χ0v) is 8.11. The zero-order valence-electron chi connectivity index (χ0n) is 7.21. The number of hydrogen-bond acceptors (Lipinski definition) is 3. The maximum absolute atomic E-state index is 10.4. The van der Waals surface area contributed by atoms with Crippen LogP contribution in [0.15, 0.2) is 30.3 Å². The molecule has 1 atom stereocenters. The summed E-state index contributed by atoms with van der Waals surface area (Å²) in [4.78, 5) is 10.4. The van der Waals surface area contributed by atoms with E-state index in [0.717, 1.165) is 5.56 Å². The van der Waals surface area contributed by atoms with Gasteiger partial charge in [-0.2, -0.15) is 0 Å². The molecule has 0 aliphatic rings. The molecule has 1 aromatic rings. The molecule has 0 aliphatic carbocycles. The summed E-state index contributed by atoms with van der Waals surface area (Å²) in [6.45, 7) is 0. The third kappa shape index (κ3) is 3.09. The Bertz CT molecular complexity index is 278. The van der Waals surface area contributed by atoms with Gasteiger partial charge in [0.25, 0.3) is 0 Å². The van der Waals surface area contributed by atoms with E-state index in [1.807, 2.05) is 30.3 Å². The fourth-order valence-electron chi connectivity index (χ4n) is 0.929. The highest BCUT2D eigenvalue weighted by atomic mass is 31.2. The molecule has 0 saturated heterocycles. The quantitative estimate of drug-likeness (QED) is 0.425. The lowest BCUT2D eigenvalue weighted by atomic mass is 10.2. The Labute approximate surface area is 77.6 Å². The van der Waals surface area contributed by atoms with Crippen LogP contribution in [0.25, 0.3) is 0 Å². The number of benzene rings is 1. The summed E-state index contributed by atoms with van der Waals surface area (Å²) in [6, 6.07) is 9.32. The summed E-state index contributed by atoms with van der Waals surface area (Å²) in [6.07, 6.45) is 0.375. The molecule has 1 rings (SSSR count). The van der Waals surface area contributed by atoms with Gasteiger partial charge in [-0.3, -0.25) is 10.1 Å². The van der Waals surface area contributed by atoms with Crippen molar-refractivity contribution in [3.05, 3.63) is 46.0 Å². The molecule has 70 valence electrons. The van der Waals surface area contributed by atoms with E-state index in [0.29, 0.717) is 6.16 Å². The van der Waals surface area contributed by atoms with Crippen molar-refractivity contribution in [1.29, 1.82) is 0 Å². The maximum atomic E-state index is 10.4. The van der Waals surface area contributed by atoms with Gasteiger partial charge >= 0.3 is 8.30 Å². The van der Waals surface area contributed by atoms with Gasteiger partial charge in [0.1, 0.15) is 0 Å². The monoisotopic (exact) mass is 199 g/mol. The molecular formula is C8H10NO3P. The van der Waals surface area contributed by atoms with E-state index in [1.54, 1.807) is 0 Å². The molecule has 4 nitrogen and oxygen atoms in total. The summed E-state index contributed by atoms with van der Waals surface area (Å²) in [5, 5.41) is 10.4. The smallest absolute Gasteiger partial charge is 0.302 e. The molecule has 0 aliphatic heterocycles. The van der Waals surface area contributed by atoms with E-state index in [1.165, 1.54) is 7.11 Å². The Hall–Kier alpha value is -0.990. The summed E-state index contributed by atoms with van der Waals surface area (Å²) in [5.41, 5.74) is 0.937. The Morgan fingerprint density at radius 3 is 2.54 bits per heavy atom. The summed E-state index contributed by atoms with van der Waals surface area (Å²) >= 11 is 0. The van der Waals surface area contributed by atoms with Gasteiger partial charge in [0.05, 0.1) is 10.9 Å². The Balaban J connectivity index is 2.62. The van der Waals surface area contributed by atoms with Crippen molar-refractivity contribution in [1.82, 2.24) is 0 Å². The summed E-state index contributed by atoms with van der Waals surface area (Å²) < 4.78 is 4.42. The first-order chi connectivity index (χ1) is 6.24. The van der Waals surface area contributed by atoms with E-state index in [2.05, 4.69) is 0 Å². The second kappa shape index (κ2) is 4.90. The molecule has 0 aromatic heterocycles. The second-order valence-corrected chi connectivity index (χ2v) is 4.13. The third-order valence-corrected chi connectivity index (χ3v) is 2.97. The van der Waals surface area contributed by atoms with Crippen molar-refractivity contribution >= 4 is 8.30 Å². The average molecular weight is 199 g/mol. The fraction of sp³-hybridized carbons (Fsp3) is 0.250. The second-order valence-electron chi connectivity index (χ2n) is 2.42. The van der Waals surface area contributed by atoms with Gasteiger partial charge in [-0.1, -0.05) is 30.3 Å². The van der Waals surface area contributed by atoms with Gasteiger partial charge in [0.2, 0.25) is 0 Å². The van der Waals surface area contributed by atoms with Gasteiger partial charge in [-0.25, -0.2) is 0 Å². The fourth-order valence-corrected chi connectivity index (χ4v) is 1.83. The van der Waals surface area contributed by atoms with Crippen LogP contribution < -0.4 is 0 Å². The van der Waals surface area contributed by atoms with Crippen LogP contribution in [0, 0.1) is 10.1 Å². The van der Waals surface area contributed by atoms with Crippen LogP contribution in [0.5, 0.6) is 0 Å². The van der Waals surface area contributed by atoms with Crippen molar-refractivity contribution in [3.8, 4) is 0 Å². The van der Waals surface area contributed by atoms with E-state index in [4.69, 9.17) is 4.52 Å². The average Bonchev–Trinajstić information content (AvgIpc) is 2.15. The SMILES string of the molecule is COP(Cc1ccccc1)[N+](=O)[O-]. The van der Waals surface area contributed by atoms with Crippen molar-refractivity contribution in [3.63, 3.8) is 0 Å². The standard InChI is InChI=1S/C8H10NO3P/c1-12-13(9(10)11)7-8-5-3-2-4-6-8/h2-6H,7H2,1H3. The van der Waals surface area contributed by atoms with E-state index in [9.17, 15) is 10.1 Å². The van der Waals surface area contributed by atoms with Crippen LogP contribution >= 0.6 is 8.30 Å². The van der Waals surface area contributed by atoms with Gasteiger partial charge < -0.3 is 4.52 Å². The summed E-state index contributed by atoms with van der Waals surface area (Å²) in [7, 11) is -0.199. The van der Waals surface area contributed by atoms with E-state index in [-0.39, 0.29) is 4.69 Å². The van der Waals surface area contributed by atoms with Crippen LogP contribution in [0.4, 0.5) is 0 Å². The molecule has 0 heterocycles. The van der Waals surface area contributed by atoms with Crippen molar-refractivity contribution in [2.24, 2.45) is 0 Å². The summed E-state index contributed by atoms with van der Waals surface area (Å²) in [5.74, 6) is 0. The highest BCUT2D eigenvalue weighted by molar-refractivity contribution is 7.44.